The molecule has 0 bridgehead atoms. The lowest BCUT2D eigenvalue weighted by Gasteiger charge is -2.24. The Morgan fingerprint density at radius 1 is 1.06 bits per heavy atom. The summed E-state index contributed by atoms with van der Waals surface area (Å²) in [5, 5.41) is 3.06. The molecule has 1 saturated heterocycles. The molecule has 0 radical (unpaired) electrons. The zero-order valence-electron chi connectivity index (χ0n) is 11.2. The Kier molecular flexibility index (Phi) is 4.28. The van der Waals surface area contributed by atoms with Gasteiger partial charge in [0, 0.05) is 10.7 Å². The summed E-state index contributed by atoms with van der Waals surface area (Å²) >= 11 is 2.34. The van der Waals surface area contributed by atoms with E-state index in [-0.39, 0.29) is 7.55 Å². The van der Waals surface area contributed by atoms with E-state index in [1.807, 2.05) is 5.29 Å². The van der Waals surface area contributed by atoms with Crippen molar-refractivity contribution in [2.75, 3.05) is 5.49 Å². The third kappa shape index (κ3) is 2.81. The molecule has 0 aromatic heterocycles. The maximum atomic E-state index is 2.53. The van der Waals surface area contributed by atoms with Crippen LogP contribution in [-0.2, 0) is 0 Å². The van der Waals surface area contributed by atoms with Crippen molar-refractivity contribution in [1.82, 2.24) is 0 Å². The van der Waals surface area contributed by atoms with Gasteiger partial charge >= 0.3 is 0 Å². The first-order valence-electron chi connectivity index (χ1n) is 7.64. The van der Waals surface area contributed by atoms with E-state index in [0.29, 0.717) is 0 Å². The molecule has 3 fully saturated rings. The summed E-state index contributed by atoms with van der Waals surface area (Å²) in [7, 11) is -0.0844. The van der Waals surface area contributed by atoms with Crippen LogP contribution in [0.15, 0.2) is 0 Å². The Morgan fingerprint density at radius 3 is 2.71 bits per heavy atom. The highest BCUT2D eigenvalue weighted by atomic mass is 32.2. The van der Waals surface area contributed by atoms with Gasteiger partial charge in [-0.2, -0.15) is 11.8 Å². The van der Waals surface area contributed by atoms with Crippen molar-refractivity contribution in [3.8, 4) is 0 Å². The van der Waals surface area contributed by atoms with E-state index in [2.05, 4.69) is 18.7 Å². The van der Waals surface area contributed by atoms with Gasteiger partial charge in [-0.3, -0.25) is 0 Å². The van der Waals surface area contributed by atoms with E-state index in [1.165, 1.54) is 50.6 Å². The average molecular weight is 270 g/mol. The molecule has 3 aliphatic rings. The van der Waals surface area contributed by atoms with E-state index in [0.717, 1.165) is 11.2 Å². The first-order valence-corrected chi connectivity index (χ1v) is 10.5. The average Bonchev–Trinajstić information content (AvgIpc) is 2.91. The van der Waals surface area contributed by atoms with E-state index in [1.54, 1.807) is 18.3 Å². The van der Waals surface area contributed by atoms with E-state index < -0.39 is 0 Å². The molecule has 0 amide bonds. The predicted octanol–water partition coefficient (Wildman–Crippen LogP) is 4.99. The van der Waals surface area contributed by atoms with E-state index >= 15 is 0 Å². The van der Waals surface area contributed by atoms with Gasteiger partial charge in [0.1, 0.15) is 0 Å². The molecule has 0 N–H and O–H groups in total. The molecule has 1 aliphatic heterocycles. The zero-order valence-corrected chi connectivity index (χ0v) is 13.0. The van der Waals surface area contributed by atoms with Gasteiger partial charge in [0.15, 0.2) is 0 Å². The van der Waals surface area contributed by atoms with Crippen molar-refractivity contribution in [1.29, 1.82) is 0 Å². The first-order chi connectivity index (χ1) is 8.34. The molecule has 3 atom stereocenters. The van der Waals surface area contributed by atoms with Gasteiger partial charge in [0.25, 0.3) is 0 Å². The molecule has 3 unspecified atom stereocenters. The number of thioether (sulfide) groups is 1. The van der Waals surface area contributed by atoms with Gasteiger partial charge in [-0.05, 0) is 37.8 Å². The van der Waals surface area contributed by atoms with Gasteiger partial charge in [-0.15, -0.1) is 7.55 Å². The van der Waals surface area contributed by atoms with Crippen LogP contribution in [0, 0.1) is 5.92 Å². The highest BCUT2D eigenvalue weighted by Gasteiger charge is 2.36. The SMILES string of the molecule is C/C(CC1CCCCC1)=[PH]1\CSC2CCCC21. The Morgan fingerprint density at radius 2 is 1.88 bits per heavy atom. The van der Waals surface area contributed by atoms with Crippen LogP contribution < -0.4 is 0 Å². The maximum Gasteiger partial charge on any atom is 0.0116 e. The lowest BCUT2D eigenvalue weighted by atomic mass is 9.86. The van der Waals surface area contributed by atoms with Crippen molar-refractivity contribution in [3.63, 3.8) is 0 Å². The molecule has 2 heteroatoms. The fraction of sp³-hybridized carbons (Fsp3) is 0.933. The van der Waals surface area contributed by atoms with Crippen LogP contribution in [0.4, 0.5) is 0 Å². The van der Waals surface area contributed by atoms with Gasteiger partial charge < -0.3 is 0 Å². The molecular formula is C15H27PS. The standard InChI is InChI=1S/C15H27PS/c1-12(10-13-6-3-2-4-7-13)16-11-17-15-9-5-8-14(15)16/h13-16H,2-11H2,1H3. The predicted molar refractivity (Wildman–Crippen MR) is 84.1 cm³/mol. The Labute approximate surface area is 112 Å². The summed E-state index contributed by atoms with van der Waals surface area (Å²) < 4.78 is 0. The molecule has 0 nitrogen and oxygen atoms in total. The molecule has 1 heterocycles. The molecule has 0 aromatic carbocycles. The molecule has 2 saturated carbocycles. The quantitative estimate of drug-likeness (QED) is 0.637. The van der Waals surface area contributed by atoms with Crippen molar-refractivity contribution >= 4 is 24.6 Å². The third-order valence-electron chi connectivity index (χ3n) is 5.22. The van der Waals surface area contributed by atoms with E-state index in [4.69, 9.17) is 0 Å². The molecular weight excluding hydrogens is 243 g/mol. The highest BCUT2D eigenvalue weighted by molar-refractivity contribution is 8.07. The van der Waals surface area contributed by atoms with Crippen LogP contribution in [0.2, 0.25) is 0 Å². The summed E-state index contributed by atoms with van der Waals surface area (Å²) in [5.41, 5.74) is 2.73. The summed E-state index contributed by atoms with van der Waals surface area (Å²) in [5.74, 6) is 1.08. The van der Waals surface area contributed by atoms with Gasteiger partial charge in [0.2, 0.25) is 0 Å². The van der Waals surface area contributed by atoms with Crippen LogP contribution in [0.1, 0.15) is 64.7 Å². The maximum absolute atomic E-state index is 2.53. The first kappa shape index (κ1) is 12.7. The summed E-state index contributed by atoms with van der Waals surface area (Å²) in [4.78, 5) is 0. The fourth-order valence-corrected chi connectivity index (χ4v) is 11.5. The lowest BCUT2D eigenvalue weighted by Crippen LogP contribution is -2.12. The Bertz CT molecular complexity index is 304. The smallest absolute Gasteiger partial charge is 0.0116 e. The number of hydrogen-bond acceptors (Lipinski definition) is 1. The second-order valence-electron chi connectivity index (χ2n) is 6.40. The minimum atomic E-state index is -0.0844. The highest BCUT2D eigenvalue weighted by Crippen LogP contribution is 2.56. The topological polar surface area (TPSA) is 0 Å². The van der Waals surface area contributed by atoms with Crippen molar-refractivity contribution in [2.24, 2.45) is 5.92 Å². The number of fused-ring (bicyclic) bond motifs is 1. The van der Waals surface area contributed by atoms with Crippen LogP contribution in [0.5, 0.6) is 0 Å². The van der Waals surface area contributed by atoms with Crippen molar-refractivity contribution in [3.05, 3.63) is 0 Å². The monoisotopic (exact) mass is 270 g/mol. The van der Waals surface area contributed by atoms with Gasteiger partial charge in [-0.25, -0.2) is 0 Å². The molecule has 0 aromatic rings. The third-order valence-corrected chi connectivity index (χ3v) is 11.3. The lowest BCUT2D eigenvalue weighted by molar-refractivity contribution is 0.369. The summed E-state index contributed by atoms with van der Waals surface area (Å²) in [6.07, 6.45) is 13.8. The van der Waals surface area contributed by atoms with Crippen LogP contribution >= 0.6 is 19.3 Å². The van der Waals surface area contributed by atoms with E-state index in [9.17, 15) is 0 Å². The number of rotatable bonds is 2. The van der Waals surface area contributed by atoms with Crippen LogP contribution in [-0.4, -0.2) is 21.7 Å². The summed E-state index contributed by atoms with van der Waals surface area (Å²) in [6.45, 7) is 2.53. The molecule has 3 rings (SSSR count). The number of hydrogen-bond donors (Lipinski definition) is 0. The van der Waals surface area contributed by atoms with Gasteiger partial charge in [-0.1, -0.05) is 43.8 Å². The Hall–Kier alpha value is 0.650. The van der Waals surface area contributed by atoms with Crippen molar-refractivity contribution in [2.45, 2.75) is 75.6 Å². The van der Waals surface area contributed by atoms with Crippen molar-refractivity contribution < 1.29 is 0 Å². The van der Waals surface area contributed by atoms with Crippen LogP contribution in [0.3, 0.4) is 0 Å². The molecule has 2 aliphatic carbocycles. The van der Waals surface area contributed by atoms with Crippen LogP contribution in [0.25, 0.3) is 0 Å². The fourth-order valence-electron chi connectivity index (χ4n) is 4.22. The second kappa shape index (κ2) is 5.74. The normalized spacial score (nSPS) is 39.4. The Balaban J connectivity index is 1.65. The molecule has 17 heavy (non-hydrogen) atoms. The minimum Gasteiger partial charge on any atom is -0.154 e. The summed E-state index contributed by atoms with van der Waals surface area (Å²) in [6, 6.07) is 0. The molecule has 0 spiro atoms. The molecule has 98 valence electrons. The van der Waals surface area contributed by atoms with Gasteiger partial charge in [0.05, 0.1) is 0 Å². The minimum absolute atomic E-state index is 0.0844. The second-order valence-corrected chi connectivity index (χ2v) is 11.1. The zero-order chi connectivity index (χ0) is 11.7. The largest absolute Gasteiger partial charge is 0.154 e.